The molecule has 116 valence electrons. The molecule has 0 radical (unpaired) electrons. The molecule has 1 saturated heterocycles. The quantitative estimate of drug-likeness (QED) is 0.906. The lowest BCUT2D eigenvalue weighted by Crippen LogP contribution is -2.46. The van der Waals surface area contributed by atoms with Crippen molar-refractivity contribution in [3.8, 4) is 0 Å². The lowest BCUT2D eigenvalue weighted by molar-refractivity contribution is 0.270. The maximum atomic E-state index is 4.42. The number of aromatic nitrogens is 2. The normalized spacial score (nSPS) is 15.8. The summed E-state index contributed by atoms with van der Waals surface area (Å²) in [6.07, 6.45) is 1.63. The van der Waals surface area contributed by atoms with Gasteiger partial charge >= 0.3 is 0 Å². The Morgan fingerprint density at radius 3 is 2.50 bits per heavy atom. The minimum atomic E-state index is 0.824. The highest BCUT2D eigenvalue weighted by atomic mass is 79.9. The van der Waals surface area contributed by atoms with Gasteiger partial charge in [-0.05, 0) is 30.8 Å². The van der Waals surface area contributed by atoms with Crippen LogP contribution in [0, 0.1) is 0 Å². The Balaban J connectivity index is 1.68. The first-order chi connectivity index (χ1) is 10.7. The second kappa shape index (κ2) is 7.07. The monoisotopic (exact) mass is 361 g/mol. The lowest BCUT2D eigenvalue weighted by atomic mass is 10.3. The molecule has 3 rings (SSSR count). The van der Waals surface area contributed by atoms with Crippen molar-refractivity contribution >= 4 is 33.3 Å². The average Bonchev–Trinajstić information content (AvgIpc) is 2.57. The summed E-state index contributed by atoms with van der Waals surface area (Å²) in [5.74, 6) is 1.82. The Morgan fingerprint density at radius 1 is 1.09 bits per heavy atom. The molecule has 22 heavy (non-hydrogen) atoms. The number of piperazine rings is 1. The zero-order valence-electron chi connectivity index (χ0n) is 12.7. The fraction of sp³-hybridized carbons (Fsp3) is 0.375. The van der Waals surface area contributed by atoms with Crippen LogP contribution in [0.5, 0.6) is 0 Å². The summed E-state index contributed by atoms with van der Waals surface area (Å²) in [7, 11) is 0. The fourth-order valence-corrected chi connectivity index (χ4v) is 2.83. The molecule has 1 aromatic heterocycles. The van der Waals surface area contributed by atoms with Crippen molar-refractivity contribution in [3.05, 3.63) is 41.1 Å². The predicted molar refractivity (Wildman–Crippen MR) is 93.8 cm³/mol. The molecule has 0 atom stereocenters. The highest BCUT2D eigenvalue weighted by Crippen LogP contribution is 2.21. The van der Waals surface area contributed by atoms with Gasteiger partial charge in [-0.25, -0.2) is 9.97 Å². The van der Waals surface area contributed by atoms with Gasteiger partial charge in [0, 0.05) is 42.4 Å². The van der Waals surface area contributed by atoms with E-state index in [0.29, 0.717) is 0 Å². The molecule has 0 aliphatic carbocycles. The Morgan fingerprint density at radius 2 is 1.82 bits per heavy atom. The van der Waals surface area contributed by atoms with Crippen molar-refractivity contribution in [2.75, 3.05) is 42.9 Å². The van der Waals surface area contributed by atoms with Crippen LogP contribution in [0.15, 0.2) is 41.1 Å². The van der Waals surface area contributed by atoms with E-state index in [-0.39, 0.29) is 0 Å². The summed E-state index contributed by atoms with van der Waals surface area (Å²) in [6, 6.07) is 10.1. The van der Waals surface area contributed by atoms with Gasteiger partial charge in [0.15, 0.2) is 0 Å². The smallest absolute Gasteiger partial charge is 0.135 e. The number of anilines is 3. The van der Waals surface area contributed by atoms with E-state index >= 15 is 0 Å². The zero-order chi connectivity index (χ0) is 15.4. The summed E-state index contributed by atoms with van der Waals surface area (Å²) in [6.45, 7) is 7.55. The molecule has 2 heterocycles. The summed E-state index contributed by atoms with van der Waals surface area (Å²) >= 11 is 3.44. The molecule has 5 nitrogen and oxygen atoms in total. The van der Waals surface area contributed by atoms with E-state index in [1.165, 1.54) is 0 Å². The second-order valence-corrected chi connectivity index (χ2v) is 6.23. The fourth-order valence-electron chi connectivity index (χ4n) is 2.56. The van der Waals surface area contributed by atoms with Gasteiger partial charge in [-0.3, -0.25) is 0 Å². The molecule has 0 spiro atoms. The molecule has 1 aliphatic heterocycles. The van der Waals surface area contributed by atoms with Gasteiger partial charge < -0.3 is 15.1 Å². The van der Waals surface area contributed by atoms with Crippen molar-refractivity contribution in [1.29, 1.82) is 0 Å². The van der Waals surface area contributed by atoms with E-state index in [0.717, 1.165) is 54.5 Å². The molecule has 1 fully saturated rings. The van der Waals surface area contributed by atoms with Crippen LogP contribution in [0.4, 0.5) is 17.3 Å². The van der Waals surface area contributed by atoms with Crippen LogP contribution in [0.2, 0.25) is 0 Å². The molecule has 1 aliphatic rings. The number of hydrogen-bond acceptors (Lipinski definition) is 5. The maximum Gasteiger partial charge on any atom is 0.135 e. The third-order valence-electron chi connectivity index (χ3n) is 3.91. The van der Waals surface area contributed by atoms with E-state index in [4.69, 9.17) is 0 Å². The molecule has 2 aromatic rings. The maximum absolute atomic E-state index is 4.42. The van der Waals surface area contributed by atoms with Gasteiger partial charge in [0.25, 0.3) is 0 Å². The number of benzene rings is 1. The molecule has 0 amide bonds. The first kappa shape index (κ1) is 15.2. The molecule has 1 N–H and O–H groups in total. The summed E-state index contributed by atoms with van der Waals surface area (Å²) in [5, 5.41) is 3.32. The van der Waals surface area contributed by atoms with Crippen molar-refractivity contribution in [2.45, 2.75) is 6.92 Å². The molecule has 1 aromatic carbocycles. The lowest BCUT2D eigenvalue weighted by Gasteiger charge is -2.34. The molecular weight excluding hydrogens is 342 g/mol. The molecule has 0 saturated carbocycles. The Bertz CT molecular complexity index is 608. The predicted octanol–water partition coefficient (Wildman–Crippen LogP) is 3.12. The van der Waals surface area contributed by atoms with Gasteiger partial charge in [0.1, 0.15) is 18.0 Å². The van der Waals surface area contributed by atoms with Crippen molar-refractivity contribution in [1.82, 2.24) is 14.9 Å². The number of hydrogen-bond donors (Lipinski definition) is 1. The van der Waals surface area contributed by atoms with E-state index in [2.05, 4.69) is 47.9 Å². The SMILES string of the molecule is CCN1CCN(c2cc(Nc3ccc(Br)cc3)ncn2)CC1. The minimum Gasteiger partial charge on any atom is -0.354 e. The second-order valence-electron chi connectivity index (χ2n) is 5.31. The van der Waals surface area contributed by atoms with Gasteiger partial charge in [-0.15, -0.1) is 0 Å². The van der Waals surface area contributed by atoms with Gasteiger partial charge in [-0.2, -0.15) is 0 Å². The van der Waals surface area contributed by atoms with Crippen molar-refractivity contribution in [3.63, 3.8) is 0 Å². The Labute approximate surface area is 139 Å². The van der Waals surface area contributed by atoms with Crippen LogP contribution in [-0.2, 0) is 0 Å². The van der Waals surface area contributed by atoms with Crippen LogP contribution >= 0.6 is 15.9 Å². The number of nitrogens with one attached hydrogen (secondary N) is 1. The third kappa shape index (κ3) is 3.75. The summed E-state index contributed by atoms with van der Waals surface area (Å²) < 4.78 is 1.07. The molecule has 6 heteroatoms. The standard InChI is InChI=1S/C16H20BrN5/c1-2-21-7-9-22(10-8-21)16-11-15(18-12-19-16)20-14-5-3-13(17)4-6-14/h3-6,11-12H,2,7-10H2,1H3,(H,18,19,20). The summed E-state index contributed by atoms with van der Waals surface area (Å²) in [4.78, 5) is 13.5. The summed E-state index contributed by atoms with van der Waals surface area (Å²) in [5.41, 5.74) is 1.02. The van der Waals surface area contributed by atoms with Gasteiger partial charge in [0.2, 0.25) is 0 Å². The number of rotatable bonds is 4. The van der Waals surface area contributed by atoms with Crippen LogP contribution in [0.25, 0.3) is 0 Å². The molecular formula is C16H20BrN5. The van der Waals surface area contributed by atoms with E-state index in [1.807, 2.05) is 30.3 Å². The zero-order valence-corrected chi connectivity index (χ0v) is 14.3. The number of likely N-dealkylation sites (N-methyl/N-ethyl adjacent to an activating group) is 1. The number of nitrogens with zero attached hydrogens (tertiary/aromatic N) is 4. The largest absolute Gasteiger partial charge is 0.354 e. The van der Waals surface area contributed by atoms with Gasteiger partial charge in [0.05, 0.1) is 0 Å². The Hall–Kier alpha value is -1.66. The number of halogens is 1. The van der Waals surface area contributed by atoms with Crippen LogP contribution in [-0.4, -0.2) is 47.6 Å². The highest BCUT2D eigenvalue weighted by molar-refractivity contribution is 9.10. The van der Waals surface area contributed by atoms with Crippen LogP contribution in [0.1, 0.15) is 6.92 Å². The average molecular weight is 362 g/mol. The van der Waals surface area contributed by atoms with Gasteiger partial charge in [-0.1, -0.05) is 22.9 Å². The van der Waals surface area contributed by atoms with Crippen molar-refractivity contribution in [2.24, 2.45) is 0 Å². The van der Waals surface area contributed by atoms with Crippen LogP contribution in [0.3, 0.4) is 0 Å². The topological polar surface area (TPSA) is 44.3 Å². The first-order valence-corrected chi connectivity index (χ1v) is 8.36. The molecule has 0 unspecified atom stereocenters. The van der Waals surface area contributed by atoms with Crippen LogP contribution < -0.4 is 10.2 Å². The third-order valence-corrected chi connectivity index (χ3v) is 4.44. The highest BCUT2D eigenvalue weighted by Gasteiger charge is 2.17. The van der Waals surface area contributed by atoms with E-state index < -0.39 is 0 Å². The van der Waals surface area contributed by atoms with Crippen molar-refractivity contribution < 1.29 is 0 Å². The Kier molecular flexibility index (Phi) is 4.90. The van der Waals surface area contributed by atoms with E-state index in [1.54, 1.807) is 6.33 Å². The van der Waals surface area contributed by atoms with E-state index in [9.17, 15) is 0 Å². The molecule has 0 bridgehead atoms. The minimum absolute atomic E-state index is 0.824. The first-order valence-electron chi connectivity index (χ1n) is 7.56.